The zero-order chi connectivity index (χ0) is 24.6. The standard InChI is InChI=1S/C29H42O4/c1-7-28(32,8-2)16-15-23-11-12-24(17-21(23)5)29(9-3,10-4)25-13-14-27(22(6)18-25)33-20-26(31)19-30/h11-18,26,30-32H,7-10,19-20H2,1-6H3. The summed E-state index contributed by atoms with van der Waals surface area (Å²) in [5.41, 5.74) is 4.99. The van der Waals surface area contributed by atoms with E-state index < -0.39 is 11.7 Å². The summed E-state index contributed by atoms with van der Waals surface area (Å²) >= 11 is 0. The Bertz CT molecular complexity index is 923. The lowest BCUT2D eigenvalue weighted by Gasteiger charge is -2.34. The minimum Gasteiger partial charge on any atom is -0.491 e. The number of hydrogen-bond donors (Lipinski definition) is 3. The Morgan fingerprint density at radius 1 is 0.879 bits per heavy atom. The van der Waals surface area contributed by atoms with Crippen molar-refractivity contribution < 1.29 is 20.1 Å². The number of hydrogen-bond acceptors (Lipinski definition) is 4. The van der Waals surface area contributed by atoms with E-state index in [-0.39, 0.29) is 18.6 Å². The molecule has 0 spiro atoms. The van der Waals surface area contributed by atoms with Gasteiger partial charge in [0, 0.05) is 5.41 Å². The average molecular weight is 455 g/mol. The van der Waals surface area contributed by atoms with Gasteiger partial charge in [-0.25, -0.2) is 0 Å². The second-order valence-electron chi connectivity index (χ2n) is 9.13. The van der Waals surface area contributed by atoms with Crippen LogP contribution >= 0.6 is 0 Å². The molecule has 0 heterocycles. The van der Waals surface area contributed by atoms with E-state index in [1.54, 1.807) is 0 Å². The molecule has 1 unspecified atom stereocenters. The molecule has 0 amide bonds. The molecule has 0 fully saturated rings. The summed E-state index contributed by atoms with van der Waals surface area (Å²) in [7, 11) is 0. The van der Waals surface area contributed by atoms with Crippen molar-refractivity contribution in [2.24, 2.45) is 0 Å². The number of aryl methyl sites for hydroxylation is 2. The fourth-order valence-corrected chi connectivity index (χ4v) is 4.47. The van der Waals surface area contributed by atoms with Crippen LogP contribution in [0.1, 0.15) is 81.2 Å². The van der Waals surface area contributed by atoms with Gasteiger partial charge in [0.1, 0.15) is 18.5 Å². The van der Waals surface area contributed by atoms with Gasteiger partial charge in [-0.05, 0) is 73.4 Å². The van der Waals surface area contributed by atoms with Crippen LogP contribution in [0, 0.1) is 13.8 Å². The maximum atomic E-state index is 10.6. The second-order valence-corrected chi connectivity index (χ2v) is 9.13. The van der Waals surface area contributed by atoms with Gasteiger partial charge in [-0.3, -0.25) is 0 Å². The van der Waals surface area contributed by atoms with Crippen molar-refractivity contribution in [3.8, 4) is 5.75 Å². The first-order valence-electron chi connectivity index (χ1n) is 12.2. The third kappa shape index (κ3) is 6.26. The molecule has 0 aliphatic rings. The van der Waals surface area contributed by atoms with Crippen LogP contribution < -0.4 is 4.74 Å². The van der Waals surface area contributed by atoms with Crippen LogP contribution in [0.25, 0.3) is 6.08 Å². The lowest BCUT2D eigenvalue weighted by molar-refractivity contribution is 0.0534. The highest BCUT2D eigenvalue weighted by Crippen LogP contribution is 2.41. The molecule has 1 atom stereocenters. The quantitative estimate of drug-likeness (QED) is 0.384. The predicted octanol–water partition coefficient (Wildman–Crippen LogP) is 5.71. The van der Waals surface area contributed by atoms with Crippen LogP contribution in [0.15, 0.2) is 42.5 Å². The van der Waals surface area contributed by atoms with Gasteiger partial charge < -0.3 is 20.1 Å². The third-order valence-electron chi connectivity index (χ3n) is 7.20. The second kappa shape index (κ2) is 11.8. The van der Waals surface area contributed by atoms with Crippen molar-refractivity contribution in [1.82, 2.24) is 0 Å². The first-order valence-corrected chi connectivity index (χ1v) is 12.2. The van der Waals surface area contributed by atoms with Gasteiger partial charge in [0.25, 0.3) is 0 Å². The SMILES string of the molecule is CCC(O)(C=Cc1ccc(C(CC)(CC)c2ccc(OCC(O)CO)c(C)c2)cc1C)CC. The Hall–Kier alpha value is -2.14. The first-order chi connectivity index (χ1) is 15.7. The normalized spacial score (nSPS) is 13.5. The van der Waals surface area contributed by atoms with Crippen LogP contribution in [0.3, 0.4) is 0 Å². The fraction of sp³-hybridized carbons (Fsp3) is 0.517. The van der Waals surface area contributed by atoms with E-state index in [1.807, 2.05) is 39.0 Å². The molecule has 0 radical (unpaired) electrons. The Kier molecular flexibility index (Phi) is 9.71. The van der Waals surface area contributed by atoms with Gasteiger partial charge in [0.2, 0.25) is 0 Å². The molecule has 3 N–H and O–H groups in total. The molecule has 182 valence electrons. The summed E-state index contributed by atoms with van der Waals surface area (Å²) < 4.78 is 5.70. The van der Waals surface area contributed by atoms with E-state index in [0.717, 1.165) is 29.7 Å². The summed E-state index contributed by atoms with van der Waals surface area (Å²) in [6, 6.07) is 12.9. The number of benzene rings is 2. The Morgan fingerprint density at radius 2 is 1.45 bits per heavy atom. The summed E-state index contributed by atoms with van der Waals surface area (Å²) in [6.45, 7) is 12.4. The number of aliphatic hydroxyl groups excluding tert-OH is 2. The molecule has 2 aromatic carbocycles. The molecule has 0 aliphatic carbocycles. The number of rotatable bonds is 12. The van der Waals surface area contributed by atoms with Crippen molar-refractivity contribution in [1.29, 1.82) is 0 Å². The maximum absolute atomic E-state index is 10.6. The van der Waals surface area contributed by atoms with Crippen molar-refractivity contribution >= 4 is 6.08 Å². The summed E-state index contributed by atoms with van der Waals surface area (Å²) in [4.78, 5) is 0. The van der Waals surface area contributed by atoms with Gasteiger partial charge in [0.05, 0.1) is 12.2 Å². The van der Waals surface area contributed by atoms with Crippen molar-refractivity contribution in [2.45, 2.75) is 84.3 Å². The summed E-state index contributed by atoms with van der Waals surface area (Å²) in [5, 5.41) is 29.2. The van der Waals surface area contributed by atoms with Crippen LogP contribution in [0.2, 0.25) is 0 Å². The van der Waals surface area contributed by atoms with E-state index in [4.69, 9.17) is 9.84 Å². The first kappa shape index (κ1) is 27.1. The highest BCUT2D eigenvalue weighted by Gasteiger charge is 2.31. The zero-order valence-corrected chi connectivity index (χ0v) is 21.2. The van der Waals surface area contributed by atoms with Gasteiger partial charge in [-0.1, -0.05) is 70.2 Å². The summed E-state index contributed by atoms with van der Waals surface area (Å²) in [6.07, 6.45) is 6.42. The number of ether oxygens (including phenoxy) is 1. The summed E-state index contributed by atoms with van der Waals surface area (Å²) in [5.74, 6) is 0.725. The predicted molar refractivity (Wildman–Crippen MR) is 137 cm³/mol. The fourth-order valence-electron chi connectivity index (χ4n) is 4.47. The molecule has 0 aliphatic heterocycles. The van der Waals surface area contributed by atoms with E-state index in [2.05, 4.69) is 51.1 Å². The average Bonchev–Trinajstić information content (AvgIpc) is 2.83. The highest BCUT2D eigenvalue weighted by molar-refractivity contribution is 5.57. The molecular weight excluding hydrogens is 412 g/mol. The molecule has 4 heteroatoms. The minimum atomic E-state index is -0.879. The van der Waals surface area contributed by atoms with Crippen molar-refractivity contribution in [3.63, 3.8) is 0 Å². The maximum Gasteiger partial charge on any atom is 0.122 e. The topological polar surface area (TPSA) is 69.9 Å². The Labute approximate surface area is 199 Å². The minimum absolute atomic E-state index is 0.0722. The molecule has 2 aromatic rings. The van der Waals surface area contributed by atoms with Gasteiger partial charge in [-0.15, -0.1) is 0 Å². The highest BCUT2D eigenvalue weighted by atomic mass is 16.5. The van der Waals surface area contributed by atoms with Gasteiger partial charge in [0.15, 0.2) is 0 Å². The molecule has 0 saturated carbocycles. The van der Waals surface area contributed by atoms with Crippen molar-refractivity contribution in [3.05, 3.63) is 70.3 Å². The molecule has 2 rings (SSSR count). The molecular formula is C29H42O4. The van der Waals surface area contributed by atoms with Crippen LogP contribution in [0.4, 0.5) is 0 Å². The largest absolute Gasteiger partial charge is 0.491 e. The lowest BCUT2D eigenvalue weighted by Crippen LogP contribution is -2.26. The molecule has 33 heavy (non-hydrogen) atoms. The Morgan fingerprint density at radius 3 is 1.94 bits per heavy atom. The number of aliphatic hydroxyl groups is 3. The van der Waals surface area contributed by atoms with Gasteiger partial charge in [-0.2, -0.15) is 0 Å². The van der Waals surface area contributed by atoms with Crippen molar-refractivity contribution in [2.75, 3.05) is 13.2 Å². The van der Waals surface area contributed by atoms with E-state index in [0.29, 0.717) is 12.8 Å². The molecule has 4 nitrogen and oxygen atoms in total. The van der Waals surface area contributed by atoms with Crippen LogP contribution in [-0.4, -0.2) is 40.2 Å². The zero-order valence-electron chi connectivity index (χ0n) is 21.2. The lowest BCUT2D eigenvalue weighted by atomic mass is 9.70. The Balaban J connectivity index is 2.40. The van der Waals surface area contributed by atoms with Crippen LogP contribution in [-0.2, 0) is 5.41 Å². The van der Waals surface area contributed by atoms with E-state index >= 15 is 0 Å². The van der Waals surface area contributed by atoms with E-state index in [9.17, 15) is 10.2 Å². The van der Waals surface area contributed by atoms with E-state index in [1.165, 1.54) is 16.7 Å². The van der Waals surface area contributed by atoms with Crippen LogP contribution in [0.5, 0.6) is 5.75 Å². The molecule has 0 saturated heterocycles. The monoisotopic (exact) mass is 454 g/mol. The van der Waals surface area contributed by atoms with Gasteiger partial charge >= 0.3 is 0 Å². The molecule has 0 bridgehead atoms. The third-order valence-corrected chi connectivity index (χ3v) is 7.20. The smallest absolute Gasteiger partial charge is 0.122 e. The molecule has 0 aromatic heterocycles.